The maximum atomic E-state index is 13.1. The summed E-state index contributed by atoms with van der Waals surface area (Å²) in [6.45, 7) is 0.584. The van der Waals surface area contributed by atoms with Gasteiger partial charge in [-0.05, 0) is 67.5 Å². The van der Waals surface area contributed by atoms with Gasteiger partial charge in [0.15, 0.2) is 0 Å². The largest absolute Gasteiger partial charge is 0.478 e. The van der Waals surface area contributed by atoms with Crippen LogP contribution in [0.2, 0.25) is 0 Å². The SMILES string of the molecule is O=C(O)C1=C(C(=O)Nc2ccc3c(=O)n4c(nc3c2)C(=Cc2ccccc2)CC4)CCCC1. The van der Waals surface area contributed by atoms with Crippen LogP contribution in [0.25, 0.3) is 22.6 Å². The molecule has 0 bridgehead atoms. The number of carboxylic acid groups (broad SMARTS) is 1. The van der Waals surface area contributed by atoms with Gasteiger partial charge >= 0.3 is 5.97 Å². The average molecular weight is 441 g/mol. The summed E-state index contributed by atoms with van der Waals surface area (Å²) < 4.78 is 1.70. The second-order valence-corrected chi connectivity index (χ2v) is 8.38. The lowest BCUT2D eigenvalue weighted by atomic mass is 9.91. The van der Waals surface area contributed by atoms with Crippen LogP contribution in [0.3, 0.4) is 0 Å². The van der Waals surface area contributed by atoms with E-state index in [0.717, 1.165) is 30.4 Å². The third-order valence-electron chi connectivity index (χ3n) is 6.25. The van der Waals surface area contributed by atoms with Crippen molar-refractivity contribution >= 4 is 40.1 Å². The molecule has 0 radical (unpaired) electrons. The third-order valence-corrected chi connectivity index (χ3v) is 6.25. The Hall–Kier alpha value is -4.00. The van der Waals surface area contributed by atoms with Gasteiger partial charge in [0.2, 0.25) is 0 Å². The number of carbonyl (C=O) groups excluding carboxylic acids is 1. The van der Waals surface area contributed by atoms with Crippen molar-refractivity contribution in [1.82, 2.24) is 9.55 Å². The number of hydrogen-bond donors (Lipinski definition) is 2. The van der Waals surface area contributed by atoms with Crippen molar-refractivity contribution in [3.8, 4) is 0 Å². The molecule has 166 valence electrons. The van der Waals surface area contributed by atoms with Gasteiger partial charge in [0.05, 0.1) is 10.9 Å². The van der Waals surface area contributed by atoms with Crippen LogP contribution in [-0.4, -0.2) is 26.5 Å². The Morgan fingerprint density at radius 2 is 1.76 bits per heavy atom. The Kier molecular flexibility index (Phi) is 5.38. The van der Waals surface area contributed by atoms with Crippen molar-refractivity contribution in [3.05, 3.63) is 81.4 Å². The van der Waals surface area contributed by atoms with Crippen LogP contribution >= 0.6 is 0 Å². The normalized spacial score (nSPS) is 16.8. The predicted molar refractivity (Wildman–Crippen MR) is 127 cm³/mol. The molecule has 1 aliphatic carbocycles. The fraction of sp³-hybridized carbons (Fsp3) is 0.231. The molecule has 2 aliphatic rings. The van der Waals surface area contributed by atoms with E-state index in [0.29, 0.717) is 47.4 Å². The Bertz CT molecular complexity index is 1400. The van der Waals surface area contributed by atoms with E-state index in [9.17, 15) is 19.5 Å². The molecule has 1 aromatic heterocycles. The molecule has 33 heavy (non-hydrogen) atoms. The maximum Gasteiger partial charge on any atom is 0.332 e. The summed E-state index contributed by atoms with van der Waals surface area (Å²) in [4.78, 5) is 42.1. The van der Waals surface area contributed by atoms with Crippen LogP contribution in [0.15, 0.2) is 64.5 Å². The molecule has 0 atom stereocenters. The monoisotopic (exact) mass is 441 g/mol. The minimum Gasteiger partial charge on any atom is -0.478 e. The summed E-state index contributed by atoms with van der Waals surface area (Å²) in [7, 11) is 0. The molecule has 1 aliphatic heterocycles. The van der Waals surface area contributed by atoms with E-state index in [2.05, 4.69) is 5.32 Å². The maximum absolute atomic E-state index is 13.1. The van der Waals surface area contributed by atoms with E-state index in [1.54, 1.807) is 22.8 Å². The fourth-order valence-corrected chi connectivity index (χ4v) is 4.58. The highest BCUT2D eigenvalue weighted by Gasteiger charge is 2.24. The number of aliphatic carboxylic acids is 1. The van der Waals surface area contributed by atoms with Gasteiger partial charge in [-0.15, -0.1) is 0 Å². The molecule has 0 fully saturated rings. The zero-order chi connectivity index (χ0) is 22.9. The van der Waals surface area contributed by atoms with Crippen LogP contribution in [0, 0.1) is 0 Å². The van der Waals surface area contributed by atoms with Gasteiger partial charge in [0.25, 0.3) is 11.5 Å². The van der Waals surface area contributed by atoms with Gasteiger partial charge in [-0.3, -0.25) is 14.2 Å². The molecule has 7 nitrogen and oxygen atoms in total. The first-order valence-corrected chi connectivity index (χ1v) is 11.1. The highest BCUT2D eigenvalue weighted by molar-refractivity contribution is 6.09. The molecule has 3 aromatic rings. The van der Waals surface area contributed by atoms with Gasteiger partial charge in [0, 0.05) is 23.4 Å². The van der Waals surface area contributed by atoms with Crippen molar-refractivity contribution in [2.45, 2.75) is 38.6 Å². The summed E-state index contributed by atoms with van der Waals surface area (Å²) in [5, 5.41) is 12.7. The van der Waals surface area contributed by atoms with Crippen LogP contribution in [0.5, 0.6) is 0 Å². The first kappa shape index (κ1) is 20.9. The molecular formula is C26H23N3O4. The number of nitrogens with one attached hydrogen (secondary N) is 1. The Morgan fingerprint density at radius 1 is 1.00 bits per heavy atom. The number of anilines is 1. The topological polar surface area (TPSA) is 101 Å². The zero-order valence-electron chi connectivity index (χ0n) is 18.0. The molecule has 2 N–H and O–H groups in total. The van der Waals surface area contributed by atoms with E-state index in [1.165, 1.54) is 0 Å². The number of hydrogen-bond acceptors (Lipinski definition) is 4. The lowest BCUT2D eigenvalue weighted by Gasteiger charge is -2.17. The van der Waals surface area contributed by atoms with Crippen molar-refractivity contribution in [2.24, 2.45) is 0 Å². The standard InChI is InChI=1S/C26H23N3O4/c30-24(19-8-4-5-9-20(19)26(32)33)27-18-10-11-21-22(15-18)28-23-17(12-13-29(23)25(21)31)14-16-6-2-1-3-7-16/h1-3,6-7,10-11,14-15H,4-5,8-9,12-13H2,(H,27,30)(H,32,33). The van der Waals surface area contributed by atoms with Crippen LogP contribution in [0.1, 0.15) is 43.5 Å². The summed E-state index contributed by atoms with van der Waals surface area (Å²) in [6.07, 6.45) is 5.18. The second-order valence-electron chi connectivity index (χ2n) is 8.38. The average Bonchev–Trinajstić information content (AvgIpc) is 3.22. The Morgan fingerprint density at radius 3 is 2.52 bits per heavy atom. The number of rotatable bonds is 4. The van der Waals surface area contributed by atoms with Crippen LogP contribution in [0.4, 0.5) is 5.69 Å². The van der Waals surface area contributed by atoms with E-state index in [-0.39, 0.29) is 11.1 Å². The van der Waals surface area contributed by atoms with Gasteiger partial charge in [-0.1, -0.05) is 30.3 Å². The lowest BCUT2D eigenvalue weighted by Crippen LogP contribution is -2.22. The Balaban J connectivity index is 1.51. The van der Waals surface area contributed by atoms with Crippen molar-refractivity contribution in [2.75, 3.05) is 5.32 Å². The number of amides is 1. The molecule has 7 heteroatoms. The van der Waals surface area contributed by atoms with Crippen molar-refractivity contribution in [1.29, 1.82) is 0 Å². The van der Waals surface area contributed by atoms with Gasteiger partial charge in [-0.2, -0.15) is 0 Å². The molecule has 1 amide bonds. The van der Waals surface area contributed by atoms with E-state index in [1.807, 2.05) is 36.4 Å². The number of benzene rings is 2. The molecule has 0 unspecified atom stereocenters. The number of nitrogens with zero attached hydrogens (tertiary/aromatic N) is 2. The Labute approximate surface area is 190 Å². The first-order chi connectivity index (χ1) is 16.0. The highest BCUT2D eigenvalue weighted by Crippen LogP contribution is 2.29. The molecule has 2 aromatic carbocycles. The summed E-state index contributed by atoms with van der Waals surface area (Å²) in [6, 6.07) is 14.9. The minimum atomic E-state index is -1.04. The molecule has 0 spiro atoms. The quantitative estimate of drug-likeness (QED) is 0.631. The minimum absolute atomic E-state index is 0.104. The lowest BCUT2D eigenvalue weighted by molar-refractivity contribution is -0.133. The summed E-state index contributed by atoms with van der Waals surface area (Å²) in [5.41, 5.74) is 3.43. The van der Waals surface area contributed by atoms with E-state index < -0.39 is 11.9 Å². The summed E-state index contributed by atoms with van der Waals surface area (Å²) >= 11 is 0. The van der Waals surface area contributed by atoms with Crippen LogP contribution < -0.4 is 10.9 Å². The first-order valence-electron chi connectivity index (χ1n) is 11.1. The smallest absolute Gasteiger partial charge is 0.332 e. The van der Waals surface area contributed by atoms with Crippen LogP contribution in [-0.2, 0) is 16.1 Å². The van der Waals surface area contributed by atoms with Crippen molar-refractivity contribution < 1.29 is 14.7 Å². The van der Waals surface area contributed by atoms with E-state index >= 15 is 0 Å². The molecule has 0 saturated heterocycles. The highest BCUT2D eigenvalue weighted by atomic mass is 16.4. The second kappa shape index (κ2) is 8.50. The number of carbonyl (C=O) groups is 2. The summed E-state index contributed by atoms with van der Waals surface area (Å²) in [5.74, 6) is -0.807. The zero-order valence-corrected chi connectivity index (χ0v) is 18.0. The number of carboxylic acids is 1. The molecule has 0 saturated carbocycles. The number of fused-ring (bicyclic) bond motifs is 2. The fourth-order valence-electron chi connectivity index (χ4n) is 4.58. The molecule has 2 heterocycles. The van der Waals surface area contributed by atoms with Gasteiger partial charge < -0.3 is 10.4 Å². The number of aromatic nitrogens is 2. The molecular weight excluding hydrogens is 418 g/mol. The third kappa shape index (κ3) is 3.98. The van der Waals surface area contributed by atoms with Gasteiger partial charge in [0.1, 0.15) is 5.82 Å². The number of allylic oxidation sites excluding steroid dienone is 1. The molecule has 5 rings (SSSR count). The van der Waals surface area contributed by atoms with E-state index in [4.69, 9.17) is 4.98 Å². The van der Waals surface area contributed by atoms with Crippen molar-refractivity contribution in [3.63, 3.8) is 0 Å². The van der Waals surface area contributed by atoms with Gasteiger partial charge in [-0.25, -0.2) is 9.78 Å². The predicted octanol–water partition coefficient (Wildman–Crippen LogP) is 4.23.